The third kappa shape index (κ3) is 5.62. The summed E-state index contributed by atoms with van der Waals surface area (Å²) in [5, 5.41) is 0. The summed E-state index contributed by atoms with van der Waals surface area (Å²) in [5.41, 5.74) is 5.65. The molecule has 0 aromatic rings. The first kappa shape index (κ1) is 20.2. The average molecular weight is 347 g/mol. The Balaban J connectivity index is 0.00000264. The lowest BCUT2D eigenvalue weighted by atomic mass is 9.92. The quantitative estimate of drug-likeness (QED) is 0.807. The maximum absolute atomic E-state index is 12.4. The summed E-state index contributed by atoms with van der Waals surface area (Å²) in [7, 11) is 0. The Morgan fingerprint density at radius 3 is 2.09 bits per heavy atom. The van der Waals surface area contributed by atoms with E-state index in [9.17, 15) is 9.59 Å². The van der Waals surface area contributed by atoms with Crippen molar-refractivity contribution in [1.82, 2.24) is 14.7 Å². The van der Waals surface area contributed by atoms with E-state index in [-0.39, 0.29) is 24.2 Å². The lowest BCUT2D eigenvalue weighted by Crippen LogP contribution is -2.49. The fraction of sp³-hybridized carbons (Fsp3) is 0.875. The van der Waals surface area contributed by atoms with Crippen LogP contribution in [-0.4, -0.2) is 78.4 Å². The van der Waals surface area contributed by atoms with Gasteiger partial charge in [0.2, 0.25) is 11.8 Å². The summed E-state index contributed by atoms with van der Waals surface area (Å²) >= 11 is 0. The maximum atomic E-state index is 12.4. The number of hydrogen-bond donors (Lipinski definition) is 1. The van der Waals surface area contributed by atoms with Crippen molar-refractivity contribution in [2.24, 2.45) is 11.7 Å². The fourth-order valence-corrected chi connectivity index (χ4v) is 3.34. The minimum atomic E-state index is -0.423. The van der Waals surface area contributed by atoms with Gasteiger partial charge in [-0.15, -0.1) is 12.4 Å². The van der Waals surface area contributed by atoms with Crippen LogP contribution in [0.2, 0.25) is 0 Å². The van der Waals surface area contributed by atoms with Gasteiger partial charge < -0.3 is 20.4 Å². The van der Waals surface area contributed by atoms with Crippen LogP contribution < -0.4 is 5.73 Å². The zero-order valence-corrected chi connectivity index (χ0v) is 15.2. The number of likely N-dealkylation sites (tertiary alicyclic amines) is 1. The molecule has 0 spiro atoms. The number of rotatable bonds is 4. The van der Waals surface area contributed by atoms with Crippen LogP contribution in [0.5, 0.6) is 0 Å². The number of halogens is 1. The highest BCUT2D eigenvalue weighted by atomic mass is 35.5. The minimum absolute atomic E-state index is 0. The van der Waals surface area contributed by atoms with E-state index in [2.05, 4.69) is 11.8 Å². The topological polar surface area (TPSA) is 69.9 Å². The van der Waals surface area contributed by atoms with Gasteiger partial charge in [-0.3, -0.25) is 9.59 Å². The Bertz CT molecular complexity index is 390. The van der Waals surface area contributed by atoms with Gasteiger partial charge >= 0.3 is 0 Å². The van der Waals surface area contributed by atoms with Crippen LogP contribution in [0.1, 0.15) is 33.1 Å². The first-order valence-electron chi connectivity index (χ1n) is 8.55. The fourth-order valence-electron chi connectivity index (χ4n) is 3.34. The van der Waals surface area contributed by atoms with E-state index in [0.29, 0.717) is 12.3 Å². The second-order valence-corrected chi connectivity index (χ2v) is 6.58. The van der Waals surface area contributed by atoms with Crippen molar-refractivity contribution in [3.8, 4) is 0 Å². The number of likely N-dealkylation sites (N-methyl/N-ethyl adjacent to an activating group) is 1. The van der Waals surface area contributed by atoms with Crippen molar-refractivity contribution in [3.63, 3.8) is 0 Å². The highest BCUT2D eigenvalue weighted by Gasteiger charge is 2.28. The molecule has 0 aliphatic carbocycles. The third-order valence-corrected chi connectivity index (χ3v) is 4.95. The van der Waals surface area contributed by atoms with E-state index in [1.54, 1.807) is 6.92 Å². The van der Waals surface area contributed by atoms with Gasteiger partial charge in [0.15, 0.2) is 0 Å². The smallest absolute Gasteiger partial charge is 0.239 e. The Kier molecular flexibility index (Phi) is 8.29. The summed E-state index contributed by atoms with van der Waals surface area (Å²) in [6.45, 7) is 10.1. The first-order valence-corrected chi connectivity index (χ1v) is 8.55. The monoisotopic (exact) mass is 346 g/mol. The Morgan fingerprint density at radius 2 is 1.61 bits per heavy atom. The first-order chi connectivity index (χ1) is 10.5. The van der Waals surface area contributed by atoms with Gasteiger partial charge in [0.05, 0.1) is 6.04 Å². The standard InChI is InChI=1S/C16H30N4O2.ClH/c1-3-18-8-10-19(11-9-18)15(21)12-14-4-6-20(7-5-14)16(22)13(2)17;/h13-14H,3-12,17H2,1-2H3;1H. The predicted octanol–water partition coefficient (Wildman–Crippen LogP) is 0.548. The van der Waals surface area contributed by atoms with E-state index < -0.39 is 6.04 Å². The maximum Gasteiger partial charge on any atom is 0.239 e. The van der Waals surface area contributed by atoms with Gasteiger partial charge in [0.25, 0.3) is 0 Å². The lowest BCUT2D eigenvalue weighted by Gasteiger charge is -2.36. The average Bonchev–Trinajstić information content (AvgIpc) is 2.54. The molecule has 1 unspecified atom stereocenters. The van der Waals surface area contributed by atoms with E-state index in [0.717, 1.165) is 58.7 Å². The van der Waals surface area contributed by atoms with Crippen LogP contribution in [-0.2, 0) is 9.59 Å². The van der Waals surface area contributed by atoms with E-state index >= 15 is 0 Å². The zero-order chi connectivity index (χ0) is 16.1. The molecule has 0 bridgehead atoms. The molecule has 7 heteroatoms. The second kappa shape index (κ2) is 9.45. The van der Waals surface area contributed by atoms with Crippen molar-refractivity contribution >= 4 is 24.2 Å². The summed E-state index contributed by atoms with van der Waals surface area (Å²) < 4.78 is 0. The molecule has 0 aromatic heterocycles. The van der Waals surface area contributed by atoms with Crippen molar-refractivity contribution in [1.29, 1.82) is 0 Å². The molecule has 0 aromatic carbocycles. The number of piperidine rings is 1. The van der Waals surface area contributed by atoms with Crippen LogP contribution in [0.3, 0.4) is 0 Å². The molecule has 0 saturated carbocycles. The predicted molar refractivity (Wildman–Crippen MR) is 93.5 cm³/mol. The number of nitrogens with two attached hydrogens (primary N) is 1. The molecule has 2 heterocycles. The van der Waals surface area contributed by atoms with Crippen LogP contribution in [0.4, 0.5) is 0 Å². The molecule has 0 radical (unpaired) electrons. The number of piperazine rings is 1. The molecule has 23 heavy (non-hydrogen) atoms. The van der Waals surface area contributed by atoms with Crippen LogP contribution in [0.25, 0.3) is 0 Å². The second-order valence-electron chi connectivity index (χ2n) is 6.58. The van der Waals surface area contributed by atoms with Crippen molar-refractivity contribution in [2.45, 2.75) is 39.2 Å². The van der Waals surface area contributed by atoms with E-state index in [1.165, 1.54) is 0 Å². The molecule has 2 aliphatic heterocycles. The molecule has 2 saturated heterocycles. The molecular weight excluding hydrogens is 316 g/mol. The van der Waals surface area contributed by atoms with E-state index in [1.807, 2.05) is 9.80 Å². The highest BCUT2D eigenvalue weighted by molar-refractivity contribution is 5.85. The summed E-state index contributed by atoms with van der Waals surface area (Å²) in [5.74, 6) is 0.724. The molecular formula is C16H31ClN4O2. The Hall–Kier alpha value is -0.850. The normalized spacial score (nSPS) is 21.7. The van der Waals surface area contributed by atoms with Gasteiger partial charge in [0, 0.05) is 45.7 Å². The zero-order valence-electron chi connectivity index (χ0n) is 14.4. The van der Waals surface area contributed by atoms with Gasteiger partial charge in [-0.05, 0) is 32.2 Å². The van der Waals surface area contributed by atoms with Crippen LogP contribution in [0.15, 0.2) is 0 Å². The number of amides is 2. The molecule has 2 aliphatic rings. The lowest BCUT2D eigenvalue weighted by molar-refractivity contribution is -0.135. The van der Waals surface area contributed by atoms with Crippen LogP contribution in [0, 0.1) is 5.92 Å². The summed E-state index contributed by atoms with van der Waals surface area (Å²) in [4.78, 5) is 30.5. The van der Waals surface area contributed by atoms with Gasteiger partial charge in [-0.2, -0.15) is 0 Å². The molecule has 1 atom stereocenters. The molecule has 2 N–H and O–H groups in total. The Morgan fingerprint density at radius 1 is 1.04 bits per heavy atom. The minimum Gasteiger partial charge on any atom is -0.341 e. The number of carbonyl (C=O) groups is 2. The largest absolute Gasteiger partial charge is 0.341 e. The molecule has 2 amide bonds. The molecule has 134 valence electrons. The van der Waals surface area contributed by atoms with Gasteiger partial charge in [-0.25, -0.2) is 0 Å². The molecule has 6 nitrogen and oxygen atoms in total. The van der Waals surface area contributed by atoms with Gasteiger partial charge in [-0.1, -0.05) is 6.92 Å². The van der Waals surface area contributed by atoms with Crippen LogP contribution >= 0.6 is 12.4 Å². The SMILES string of the molecule is CCN1CCN(C(=O)CC2CCN(C(=O)C(C)N)CC2)CC1.Cl. The Labute approximate surface area is 145 Å². The third-order valence-electron chi connectivity index (χ3n) is 4.95. The van der Waals surface area contributed by atoms with Crippen molar-refractivity contribution < 1.29 is 9.59 Å². The highest BCUT2D eigenvalue weighted by Crippen LogP contribution is 2.22. The molecule has 2 rings (SSSR count). The van der Waals surface area contributed by atoms with Crippen molar-refractivity contribution in [2.75, 3.05) is 45.8 Å². The van der Waals surface area contributed by atoms with Gasteiger partial charge in [0.1, 0.15) is 0 Å². The van der Waals surface area contributed by atoms with Crippen molar-refractivity contribution in [3.05, 3.63) is 0 Å². The number of carbonyl (C=O) groups excluding carboxylic acids is 2. The van der Waals surface area contributed by atoms with E-state index in [4.69, 9.17) is 5.73 Å². The molecule has 2 fully saturated rings. The number of hydrogen-bond acceptors (Lipinski definition) is 4. The summed E-state index contributed by atoms with van der Waals surface area (Å²) in [6.07, 6.45) is 2.46. The summed E-state index contributed by atoms with van der Waals surface area (Å²) in [6, 6.07) is -0.423. The number of nitrogens with zero attached hydrogens (tertiary/aromatic N) is 3.